The molecule has 7 nitrogen and oxygen atoms in total. The fraction of sp³-hybridized carbons (Fsp3) is 0.688. The molecule has 1 aromatic rings. The van der Waals surface area contributed by atoms with Crippen LogP contribution < -0.4 is 15.1 Å². The van der Waals surface area contributed by atoms with Crippen LogP contribution in [0.15, 0.2) is 12.3 Å². The van der Waals surface area contributed by atoms with Crippen molar-refractivity contribution in [3.05, 3.63) is 12.3 Å². The molecule has 1 unspecified atom stereocenters. The summed E-state index contributed by atoms with van der Waals surface area (Å²) in [5.74, 6) is 2.03. The summed E-state index contributed by atoms with van der Waals surface area (Å²) >= 11 is 1.57. The van der Waals surface area contributed by atoms with Gasteiger partial charge in [-0.2, -0.15) is 16.7 Å². The molecule has 1 aromatic heterocycles. The number of rotatable bonds is 5. The number of hydrogen-bond donors (Lipinski definition) is 2. The fourth-order valence-corrected chi connectivity index (χ4v) is 4.40. The Balaban J connectivity index is 1.67. The Bertz CT molecular complexity index is 626. The van der Waals surface area contributed by atoms with E-state index in [4.69, 9.17) is 0 Å². The van der Waals surface area contributed by atoms with Crippen LogP contribution in [0.25, 0.3) is 0 Å². The van der Waals surface area contributed by atoms with Gasteiger partial charge in [0, 0.05) is 39.0 Å². The second-order valence-electron chi connectivity index (χ2n) is 6.79. The SMILES string of the molecule is CN(C)c1nccc(N2C[C@@H](F)C[C@H]2CNC(=O)C2(O)CCSC2)n1. The quantitative estimate of drug-likeness (QED) is 0.780. The molecule has 3 rings (SSSR count). The van der Waals surface area contributed by atoms with E-state index in [-0.39, 0.29) is 25.0 Å². The van der Waals surface area contributed by atoms with Crippen molar-refractivity contribution >= 4 is 29.4 Å². The number of aromatic nitrogens is 2. The number of alkyl halides is 1. The van der Waals surface area contributed by atoms with Crippen LogP contribution in [0.3, 0.4) is 0 Å². The molecule has 0 saturated carbocycles. The number of hydrogen-bond acceptors (Lipinski definition) is 7. The van der Waals surface area contributed by atoms with Crippen LogP contribution in [-0.4, -0.2) is 77.5 Å². The van der Waals surface area contributed by atoms with Crippen LogP contribution in [0, 0.1) is 0 Å². The van der Waals surface area contributed by atoms with Gasteiger partial charge in [0.1, 0.15) is 12.0 Å². The zero-order valence-corrected chi connectivity index (χ0v) is 15.3. The van der Waals surface area contributed by atoms with Gasteiger partial charge in [0.2, 0.25) is 5.95 Å². The van der Waals surface area contributed by atoms with Gasteiger partial charge in [0.25, 0.3) is 5.91 Å². The minimum atomic E-state index is -1.30. The molecule has 1 amide bonds. The first kappa shape index (κ1) is 18.2. The molecule has 0 spiro atoms. The van der Waals surface area contributed by atoms with Gasteiger partial charge in [0.05, 0.1) is 12.6 Å². The van der Waals surface area contributed by atoms with E-state index in [1.165, 1.54) is 0 Å². The number of thioether (sulfide) groups is 1. The summed E-state index contributed by atoms with van der Waals surface area (Å²) in [6, 6.07) is 1.56. The lowest BCUT2D eigenvalue weighted by Crippen LogP contribution is -2.50. The van der Waals surface area contributed by atoms with Gasteiger partial charge in [-0.1, -0.05) is 0 Å². The van der Waals surface area contributed by atoms with Crippen molar-refractivity contribution in [3.8, 4) is 0 Å². The maximum Gasteiger partial charge on any atom is 0.252 e. The van der Waals surface area contributed by atoms with E-state index in [2.05, 4.69) is 15.3 Å². The first-order chi connectivity index (χ1) is 11.9. The predicted octanol–water partition coefficient (Wildman–Crippen LogP) is 0.444. The standard InChI is InChI=1S/C16H24FN5O2S/c1-21(2)15-18-5-3-13(20-15)22-9-11(17)7-12(22)8-19-14(23)16(24)4-6-25-10-16/h3,5,11-12,24H,4,6-10H2,1-2H3,(H,19,23)/t11-,12-,16?/m0/s1. The van der Waals surface area contributed by atoms with E-state index in [0.29, 0.717) is 30.4 Å². The lowest BCUT2D eigenvalue weighted by Gasteiger charge is -2.28. The molecule has 2 fully saturated rings. The molecular formula is C16H24FN5O2S. The number of aliphatic hydroxyl groups is 1. The number of amides is 1. The van der Waals surface area contributed by atoms with E-state index in [9.17, 15) is 14.3 Å². The first-order valence-electron chi connectivity index (χ1n) is 8.38. The van der Waals surface area contributed by atoms with Crippen molar-refractivity contribution in [2.45, 2.75) is 30.7 Å². The molecule has 2 saturated heterocycles. The Kier molecular flexibility index (Phi) is 5.33. The van der Waals surface area contributed by atoms with Gasteiger partial charge in [-0.05, 0) is 18.2 Å². The van der Waals surface area contributed by atoms with E-state index in [1.807, 2.05) is 19.0 Å². The van der Waals surface area contributed by atoms with Crippen molar-refractivity contribution in [2.75, 3.05) is 48.5 Å². The normalized spacial score (nSPS) is 29.0. The van der Waals surface area contributed by atoms with Gasteiger partial charge < -0.3 is 20.2 Å². The second-order valence-corrected chi connectivity index (χ2v) is 7.90. The van der Waals surface area contributed by atoms with Crippen LogP contribution in [0.2, 0.25) is 0 Å². The summed E-state index contributed by atoms with van der Waals surface area (Å²) in [6.45, 7) is 0.526. The largest absolute Gasteiger partial charge is 0.379 e. The van der Waals surface area contributed by atoms with Crippen molar-refractivity contribution < 1.29 is 14.3 Å². The van der Waals surface area contributed by atoms with Gasteiger partial charge in [-0.25, -0.2) is 9.37 Å². The number of carbonyl (C=O) groups excluding carboxylic acids is 1. The Morgan fingerprint density at radius 1 is 1.60 bits per heavy atom. The molecule has 2 N–H and O–H groups in total. The molecule has 3 heterocycles. The van der Waals surface area contributed by atoms with Gasteiger partial charge in [-0.3, -0.25) is 4.79 Å². The molecule has 3 atom stereocenters. The fourth-order valence-electron chi connectivity index (χ4n) is 3.16. The van der Waals surface area contributed by atoms with Crippen molar-refractivity contribution in [1.82, 2.24) is 15.3 Å². The number of nitrogens with zero attached hydrogens (tertiary/aromatic N) is 4. The third kappa shape index (κ3) is 3.98. The number of nitrogens with one attached hydrogen (secondary N) is 1. The third-order valence-corrected chi connectivity index (χ3v) is 5.78. The maximum atomic E-state index is 14.0. The second kappa shape index (κ2) is 7.33. The van der Waals surface area contributed by atoms with Crippen molar-refractivity contribution in [1.29, 1.82) is 0 Å². The zero-order valence-electron chi connectivity index (χ0n) is 14.5. The highest BCUT2D eigenvalue weighted by Crippen LogP contribution is 2.29. The third-order valence-electron chi connectivity index (χ3n) is 4.61. The van der Waals surface area contributed by atoms with E-state index < -0.39 is 11.8 Å². The molecule has 0 bridgehead atoms. The average molecular weight is 369 g/mol. The lowest BCUT2D eigenvalue weighted by atomic mass is 10.0. The van der Waals surface area contributed by atoms with Crippen molar-refractivity contribution in [3.63, 3.8) is 0 Å². The minimum Gasteiger partial charge on any atom is -0.379 e. The Hall–Kier alpha value is -1.61. The molecule has 0 radical (unpaired) electrons. The zero-order chi connectivity index (χ0) is 18.0. The molecule has 0 aliphatic carbocycles. The van der Waals surface area contributed by atoms with Gasteiger partial charge >= 0.3 is 0 Å². The maximum absolute atomic E-state index is 14.0. The predicted molar refractivity (Wildman–Crippen MR) is 96.9 cm³/mol. The minimum absolute atomic E-state index is 0.193. The van der Waals surface area contributed by atoms with Crippen LogP contribution in [-0.2, 0) is 4.79 Å². The first-order valence-corrected chi connectivity index (χ1v) is 9.54. The highest BCUT2D eigenvalue weighted by molar-refractivity contribution is 7.99. The number of halogens is 1. The average Bonchev–Trinajstić information content (AvgIpc) is 3.19. The summed E-state index contributed by atoms with van der Waals surface area (Å²) < 4.78 is 14.0. The molecule has 2 aliphatic rings. The van der Waals surface area contributed by atoms with E-state index in [0.717, 1.165) is 5.75 Å². The topological polar surface area (TPSA) is 81.6 Å². The van der Waals surface area contributed by atoms with Gasteiger partial charge in [0.15, 0.2) is 5.60 Å². The molecule has 25 heavy (non-hydrogen) atoms. The molecule has 0 aromatic carbocycles. The molecule has 2 aliphatic heterocycles. The van der Waals surface area contributed by atoms with E-state index in [1.54, 1.807) is 28.9 Å². The highest BCUT2D eigenvalue weighted by atomic mass is 32.2. The monoisotopic (exact) mass is 369 g/mol. The van der Waals surface area contributed by atoms with E-state index >= 15 is 0 Å². The van der Waals surface area contributed by atoms with Gasteiger partial charge in [-0.15, -0.1) is 0 Å². The van der Waals surface area contributed by atoms with Crippen LogP contribution in [0.4, 0.5) is 16.2 Å². The van der Waals surface area contributed by atoms with Crippen LogP contribution >= 0.6 is 11.8 Å². The van der Waals surface area contributed by atoms with Crippen LogP contribution in [0.5, 0.6) is 0 Å². The number of anilines is 2. The summed E-state index contributed by atoms with van der Waals surface area (Å²) in [4.78, 5) is 24.6. The molecule has 138 valence electrons. The lowest BCUT2D eigenvalue weighted by molar-refractivity contribution is -0.137. The number of carbonyl (C=O) groups is 1. The molecule has 9 heteroatoms. The highest BCUT2D eigenvalue weighted by Gasteiger charge is 2.40. The summed E-state index contributed by atoms with van der Waals surface area (Å²) in [6.07, 6.45) is 1.47. The summed E-state index contributed by atoms with van der Waals surface area (Å²) in [5.41, 5.74) is -1.30. The van der Waals surface area contributed by atoms with Crippen molar-refractivity contribution in [2.24, 2.45) is 0 Å². The smallest absolute Gasteiger partial charge is 0.252 e. The Morgan fingerprint density at radius 2 is 2.40 bits per heavy atom. The summed E-state index contributed by atoms with van der Waals surface area (Å²) in [7, 11) is 3.69. The van der Waals surface area contributed by atoms with Crippen LogP contribution in [0.1, 0.15) is 12.8 Å². The molecular weight excluding hydrogens is 345 g/mol. The Labute approximate surface area is 151 Å². The Morgan fingerprint density at radius 3 is 3.08 bits per heavy atom. The summed E-state index contributed by atoms with van der Waals surface area (Å²) in [5, 5.41) is 13.1.